The Kier molecular flexibility index (Phi) is 5.17. The first-order chi connectivity index (χ1) is 13.8. The molecule has 0 radical (unpaired) electrons. The Balaban J connectivity index is 1.80. The van der Waals surface area contributed by atoms with Gasteiger partial charge in [0, 0.05) is 6.20 Å². The summed E-state index contributed by atoms with van der Waals surface area (Å²) in [4.78, 5) is 28.4. The first-order valence-electron chi connectivity index (χ1n) is 8.30. The minimum atomic E-state index is -4.39. The van der Waals surface area contributed by atoms with Gasteiger partial charge in [0.15, 0.2) is 0 Å². The quantitative estimate of drug-likeness (QED) is 0.768. The molecule has 1 aliphatic rings. The fourth-order valence-corrected chi connectivity index (χ4v) is 4.33. The Bertz CT molecular complexity index is 1180. The highest BCUT2D eigenvalue weighted by molar-refractivity contribution is 7.90. The van der Waals surface area contributed by atoms with Gasteiger partial charge in [-0.1, -0.05) is 6.07 Å². The molecule has 0 fully saturated rings. The summed E-state index contributed by atoms with van der Waals surface area (Å²) in [5.41, 5.74) is 0.666. The van der Waals surface area contributed by atoms with Crippen molar-refractivity contribution in [3.63, 3.8) is 0 Å². The van der Waals surface area contributed by atoms with Crippen molar-refractivity contribution in [2.24, 2.45) is 0 Å². The second-order valence-corrected chi connectivity index (χ2v) is 7.91. The summed E-state index contributed by atoms with van der Waals surface area (Å²) < 4.78 is 26.1. The van der Waals surface area contributed by atoms with Crippen LogP contribution in [-0.2, 0) is 14.8 Å². The van der Waals surface area contributed by atoms with Crippen LogP contribution in [0.2, 0.25) is 0 Å². The normalized spacial score (nSPS) is 15.3. The first kappa shape index (κ1) is 19.8. The molecule has 1 atom stereocenters. The zero-order valence-electron chi connectivity index (χ0n) is 15.1. The van der Waals surface area contributed by atoms with Gasteiger partial charge >= 0.3 is 6.03 Å². The lowest BCUT2D eigenvalue weighted by Crippen LogP contribution is -2.49. The average Bonchev–Trinajstić information content (AvgIpc) is 2.70. The zero-order chi connectivity index (χ0) is 21.2. The third-order valence-corrected chi connectivity index (χ3v) is 6.01. The van der Waals surface area contributed by atoms with E-state index < -0.39 is 34.5 Å². The van der Waals surface area contributed by atoms with E-state index in [0.29, 0.717) is 15.6 Å². The lowest BCUT2D eigenvalue weighted by molar-refractivity contribution is -0.121. The van der Waals surface area contributed by atoms with E-state index >= 15 is 0 Å². The number of rotatable bonds is 4. The maximum absolute atomic E-state index is 12.8. The van der Waals surface area contributed by atoms with Crippen molar-refractivity contribution < 1.29 is 18.0 Å². The molecule has 0 saturated heterocycles. The molecule has 3 amide bonds. The summed E-state index contributed by atoms with van der Waals surface area (Å²) >= 11 is 0. The summed E-state index contributed by atoms with van der Waals surface area (Å²) in [6.07, 6.45) is 1.35. The molecule has 3 rings (SSSR count). The largest absolute Gasteiger partial charge is 0.346 e. The molecular weight excluding hydrogens is 396 g/mol. The van der Waals surface area contributed by atoms with Crippen LogP contribution in [0.1, 0.15) is 29.8 Å². The topological polar surface area (TPSA) is 156 Å². The van der Waals surface area contributed by atoms with E-state index in [-0.39, 0.29) is 16.1 Å². The standard InChI is InChI=1S/C18H14N6O4S/c1-11(14-6-5-12(7-19)9-21-14)22-16(25)10-24-18(26)23-15-4-2-3-13(8-20)17(15)29(24,27)28/h2-6,9,11H,10H2,1H3,(H,22,25)(H,23,26)/t11-/m1/s1. The number of sulfonamides is 1. The molecule has 10 nitrogen and oxygen atoms in total. The van der Waals surface area contributed by atoms with Crippen LogP contribution in [-0.4, -0.2) is 36.2 Å². The van der Waals surface area contributed by atoms with Crippen molar-refractivity contribution in [3.05, 3.63) is 53.3 Å². The molecule has 29 heavy (non-hydrogen) atoms. The van der Waals surface area contributed by atoms with Gasteiger partial charge in [0.2, 0.25) is 5.91 Å². The van der Waals surface area contributed by atoms with Crippen LogP contribution in [0.5, 0.6) is 0 Å². The van der Waals surface area contributed by atoms with Crippen LogP contribution in [0.3, 0.4) is 0 Å². The SMILES string of the molecule is C[C@@H](NC(=O)CN1C(=O)Nc2cccc(C#N)c2S1(=O)=O)c1ccc(C#N)cn1. The van der Waals surface area contributed by atoms with Crippen molar-refractivity contribution in [1.29, 1.82) is 10.5 Å². The van der Waals surface area contributed by atoms with Gasteiger partial charge in [0.05, 0.1) is 28.6 Å². The Morgan fingerprint density at radius 1 is 1.28 bits per heavy atom. The molecule has 1 aliphatic heterocycles. The summed E-state index contributed by atoms with van der Waals surface area (Å²) in [5, 5.41) is 22.9. The minimum Gasteiger partial charge on any atom is -0.346 e. The third kappa shape index (κ3) is 3.72. The van der Waals surface area contributed by atoms with E-state index in [9.17, 15) is 23.3 Å². The van der Waals surface area contributed by atoms with E-state index in [4.69, 9.17) is 5.26 Å². The summed E-state index contributed by atoms with van der Waals surface area (Å²) in [6.45, 7) is 0.855. The van der Waals surface area contributed by atoms with E-state index in [1.165, 1.54) is 30.5 Å². The highest BCUT2D eigenvalue weighted by Gasteiger charge is 2.39. The summed E-state index contributed by atoms with van der Waals surface area (Å²) in [6, 6.07) is 9.33. The van der Waals surface area contributed by atoms with Crippen LogP contribution in [0.25, 0.3) is 0 Å². The lowest BCUT2D eigenvalue weighted by atomic mass is 10.2. The van der Waals surface area contributed by atoms with Gasteiger partial charge in [0.1, 0.15) is 23.6 Å². The molecular formula is C18H14N6O4S. The number of hydrogen-bond acceptors (Lipinski definition) is 7. The number of amides is 3. The molecule has 1 aromatic carbocycles. The minimum absolute atomic E-state index is 0.0131. The number of pyridine rings is 1. The number of carbonyl (C=O) groups excluding carboxylic acids is 2. The maximum Gasteiger partial charge on any atom is 0.336 e. The van der Waals surface area contributed by atoms with Gasteiger partial charge in [0.25, 0.3) is 10.0 Å². The number of nitrogens with zero attached hydrogens (tertiary/aromatic N) is 4. The van der Waals surface area contributed by atoms with Crippen molar-refractivity contribution in [2.75, 3.05) is 11.9 Å². The number of anilines is 1. The van der Waals surface area contributed by atoms with Crippen molar-refractivity contribution in [2.45, 2.75) is 17.9 Å². The van der Waals surface area contributed by atoms with Gasteiger partial charge < -0.3 is 10.6 Å². The highest BCUT2D eigenvalue weighted by Crippen LogP contribution is 2.32. The van der Waals surface area contributed by atoms with Gasteiger partial charge in [-0.2, -0.15) is 10.5 Å². The molecule has 0 saturated carbocycles. The summed E-state index contributed by atoms with van der Waals surface area (Å²) in [7, 11) is -4.39. The van der Waals surface area contributed by atoms with E-state index in [1.54, 1.807) is 19.1 Å². The second kappa shape index (κ2) is 7.58. The number of carbonyl (C=O) groups is 2. The highest BCUT2D eigenvalue weighted by atomic mass is 32.2. The number of benzene rings is 1. The lowest BCUT2D eigenvalue weighted by Gasteiger charge is -2.29. The Hall–Kier alpha value is -3.96. The maximum atomic E-state index is 12.8. The number of urea groups is 1. The zero-order valence-corrected chi connectivity index (χ0v) is 15.9. The Morgan fingerprint density at radius 2 is 2.03 bits per heavy atom. The smallest absolute Gasteiger partial charge is 0.336 e. The van der Waals surface area contributed by atoms with Gasteiger partial charge in [-0.3, -0.25) is 9.78 Å². The molecule has 11 heteroatoms. The third-order valence-electron chi connectivity index (χ3n) is 4.18. The van der Waals surface area contributed by atoms with Gasteiger partial charge in [-0.25, -0.2) is 17.5 Å². The average molecular weight is 410 g/mol. The number of aromatic nitrogens is 1. The number of nitrogens with one attached hydrogen (secondary N) is 2. The molecule has 0 bridgehead atoms. The van der Waals surface area contributed by atoms with E-state index in [0.717, 1.165) is 0 Å². The number of hydrogen-bond donors (Lipinski definition) is 2. The number of nitriles is 2. The molecule has 0 spiro atoms. The summed E-state index contributed by atoms with van der Waals surface area (Å²) in [5.74, 6) is -0.736. The van der Waals surface area contributed by atoms with Crippen molar-refractivity contribution in [1.82, 2.24) is 14.6 Å². The molecule has 146 valence electrons. The fraction of sp³-hybridized carbons (Fsp3) is 0.167. The molecule has 2 aromatic rings. The predicted molar refractivity (Wildman–Crippen MR) is 99.6 cm³/mol. The molecule has 2 heterocycles. The van der Waals surface area contributed by atoms with Crippen LogP contribution < -0.4 is 10.6 Å². The Morgan fingerprint density at radius 3 is 2.66 bits per heavy atom. The molecule has 1 aromatic heterocycles. The van der Waals surface area contributed by atoms with Crippen LogP contribution in [0, 0.1) is 22.7 Å². The monoisotopic (exact) mass is 410 g/mol. The Labute approximate surface area is 166 Å². The van der Waals surface area contributed by atoms with Crippen LogP contribution >= 0.6 is 0 Å². The fourth-order valence-electron chi connectivity index (χ4n) is 2.77. The predicted octanol–water partition coefficient (Wildman–Crippen LogP) is 1.24. The van der Waals surface area contributed by atoms with Crippen LogP contribution in [0.15, 0.2) is 41.4 Å². The first-order valence-corrected chi connectivity index (χ1v) is 9.74. The molecule has 2 N–H and O–H groups in total. The van der Waals surface area contributed by atoms with Crippen molar-refractivity contribution in [3.8, 4) is 12.1 Å². The number of fused-ring (bicyclic) bond motifs is 1. The van der Waals surface area contributed by atoms with E-state index in [2.05, 4.69) is 15.6 Å². The van der Waals surface area contributed by atoms with E-state index in [1.807, 2.05) is 6.07 Å². The second-order valence-electron chi connectivity index (χ2n) is 6.11. The van der Waals surface area contributed by atoms with Gasteiger partial charge in [-0.05, 0) is 31.2 Å². The van der Waals surface area contributed by atoms with Crippen LogP contribution in [0.4, 0.5) is 10.5 Å². The molecule has 0 aliphatic carbocycles. The molecule has 0 unspecified atom stereocenters. The van der Waals surface area contributed by atoms with Gasteiger partial charge in [-0.15, -0.1) is 0 Å². The van der Waals surface area contributed by atoms with Crippen molar-refractivity contribution >= 4 is 27.6 Å².